The van der Waals surface area contributed by atoms with Gasteiger partial charge in [-0.1, -0.05) is 24.3 Å². The van der Waals surface area contributed by atoms with Crippen molar-refractivity contribution < 1.29 is 4.74 Å². The van der Waals surface area contributed by atoms with Gasteiger partial charge in [0.15, 0.2) is 0 Å². The number of aromatic amines is 1. The quantitative estimate of drug-likeness (QED) is 0.884. The van der Waals surface area contributed by atoms with Crippen molar-refractivity contribution in [2.24, 2.45) is 0 Å². The molecule has 0 amide bonds. The third-order valence-corrected chi connectivity index (χ3v) is 3.60. The lowest BCUT2D eigenvalue weighted by atomic mass is 10.1. The SMILES string of the molecule is c1cc(-c2nn[nH]n2)ccc1CCCN1CCOCC1. The summed E-state index contributed by atoms with van der Waals surface area (Å²) in [4.78, 5) is 2.47. The number of H-pyrrole nitrogens is 1. The molecule has 1 saturated heterocycles. The molecule has 0 saturated carbocycles. The van der Waals surface area contributed by atoms with Gasteiger partial charge in [-0.3, -0.25) is 4.90 Å². The average Bonchev–Trinajstić information content (AvgIpc) is 3.03. The van der Waals surface area contributed by atoms with Crippen molar-refractivity contribution in [2.45, 2.75) is 12.8 Å². The van der Waals surface area contributed by atoms with E-state index in [4.69, 9.17) is 4.74 Å². The van der Waals surface area contributed by atoms with Crippen molar-refractivity contribution >= 4 is 0 Å². The van der Waals surface area contributed by atoms with Crippen LogP contribution < -0.4 is 0 Å². The number of ether oxygens (including phenoxy) is 1. The molecule has 6 heteroatoms. The molecule has 1 N–H and O–H groups in total. The van der Waals surface area contributed by atoms with Gasteiger partial charge in [0.05, 0.1) is 13.2 Å². The second-order valence-electron chi connectivity index (χ2n) is 4.99. The zero-order valence-corrected chi connectivity index (χ0v) is 11.5. The first-order valence-corrected chi connectivity index (χ1v) is 7.05. The number of morpholine rings is 1. The molecule has 1 fully saturated rings. The molecule has 0 atom stereocenters. The standard InChI is InChI=1S/C14H19N5O/c1(7-19-8-10-20-11-9-19)2-12-3-5-13(6-4-12)14-15-17-18-16-14/h3-6H,1-2,7-11H2,(H,15,16,17,18). The molecule has 6 nitrogen and oxygen atoms in total. The van der Waals surface area contributed by atoms with Crippen LogP contribution in [0.1, 0.15) is 12.0 Å². The van der Waals surface area contributed by atoms with E-state index in [9.17, 15) is 0 Å². The van der Waals surface area contributed by atoms with Crippen molar-refractivity contribution in [1.82, 2.24) is 25.5 Å². The normalized spacial score (nSPS) is 16.4. The molecule has 0 spiro atoms. The smallest absolute Gasteiger partial charge is 0.204 e. The minimum Gasteiger partial charge on any atom is -0.379 e. The number of rotatable bonds is 5. The van der Waals surface area contributed by atoms with Gasteiger partial charge in [-0.2, -0.15) is 5.21 Å². The molecular weight excluding hydrogens is 254 g/mol. The highest BCUT2D eigenvalue weighted by atomic mass is 16.5. The molecule has 0 aliphatic carbocycles. The van der Waals surface area contributed by atoms with E-state index < -0.39 is 0 Å². The second kappa shape index (κ2) is 6.58. The van der Waals surface area contributed by atoms with Gasteiger partial charge in [-0.25, -0.2) is 0 Å². The molecule has 20 heavy (non-hydrogen) atoms. The fraction of sp³-hybridized carbons (Fsp3) is 0.500. The molecule has 2 heterocycles. The Morgan fingerprint density at radius 1 is 1.15 bits per heavy atom. The average molecular weight is 273 g/mol. The van der Waals surface area contributed by atoms with E-state index in [0.29, 0.717) is 5.82 Å². The van der Waals surface area contributed by atoms with Crippen molar-refractivity contribution in [3.05, 3.63) is 29.8 Å². The summed E-state index contributed by atoms with van der Waals surface area (Å²) in [7, 11) is 0. The minimum absolute atomic E-state index is 0.643. The summed E-state index contributed by atoms with van der Waals surface area (Å²) in [6, 6.07) is 8.39. The molecular formula is C14H19N5O. The summed E-state index contributed by atoms with van der Waals surface area (Å²) in [5.74, 6) is 0.643. The molecule has 106 valence electrons. The van der Waals surface area contributed by atoms with Crippen molar-refractivity contribution in [2.75, 3.05) is 32.8 Å². The van der Waals surface area contributed by atoms with Crippen LogP contribution in [0.4, 0.5) is 0 Å². The van der Waals surface area contributed by atoms with Crippen LogP contribution >= 0.6 is 0 Å². The van der Waals surface area contributed by atoms with Gasteiger partial charge in [0.1, 0.15) is 0 Å². The summed E-state index contributed by atoms with van der Waals surface area (Å²) in [6.45, 7) is 5.03. The fourth-order valence-electron chi connectivity index (χ4n) is 2.44. The van der Waals surface area contributed by atoms with Gasteiger partial charge in [0, 0.05) is 18.7 Å². The first kappa shape index (κ1) is 13.2. The third-order valence-electron chi connectivity index (χ3n) is 3.60. The summed E-state index contributed by atoms with van der Waals surface area (Å²) < 4.78 is 5.35. The van der Waals surface area contributed by atoms with Crippen LogP contribution in [0.3, 0.4) is 0 Å². The highest BCUT2D eigenvalue weighted by Crippen LogP contribution is 2.15. The largest absolute Gasteiger partial charge is 0.379 e. The summed E-state index contributed by atoms with van der Waals surface area (Å²) in [5, 5.41) is 14.0. The van der Waals surface area contributed by atoms with E-state index in [1.807, 2.05) is 0 Å². The van der Waals surface area contributed by atoms with Gasteiger partial charge in [0.25, 0.3) is 0 Å². The van der Waals surface area contributed by atoms with E-state index in [0.717, 1.165) is 44.8 Å². The number of tetrazole rings is 1. The zero-order valence-electron chi connectivity index (χ0n) is 11.5. The first-order valence-electron chi connectivity index (χ1n) is 7.05. The topological polar surface area (TPSA) is 66.9 Å². The number of hydrogen-bond acceptors (Lipinski definition) is 5. The lowest BCUT2D eigenvalue weighted by molar-refractivity contribution is 0.0375. The van der Waals surface area contributed by atoms with E-state index in [-0.39, 0.29) is 0 Å². The van der Waals surface area contributed by atoms with Crippen molar-refractivity contribution in [3.63, 3.8) is 0 Å². The van der Waals surface area contributed by atoms with E-state index in [1.54, 1.807) is 0 Å². The van der Waals surface area contributed by atoms with Crippen LogP contribution in [-0.4, -0.2) is 58.4 Å². The lowest BCUT2D eigenvalue weighted by Crippen LogP contribution is -2.36. The monoisotopic (exact) mass is 273 g/mol. The summed E-state index contributed by atoms with van der Waals surface area (Å²) >= 11 is 0. The Hall–Kier alpha value is -1.79. The maximum absolute atomic E-state index is 5.35. The Morgan fingerprint density at radius 3 is 2.65 bits per heavy atom. The molecule has 0 bridgehead atoms. The molecule has 0 radical (unpaired) electrons. The van der Waals surface area contributed by atoms with Gasteiger partial charge < -0.3 is 4.74 Å². The van der Waals surface area contributed by atoms with Gasteiger partial charge >= 0.3 is 0 Å². The number of nitrogens with one attached hydrogen (secondary N) is 1. The van der Waals surface area contributed by atoms with Crippen LogP contribution in [0.25, 0.3) is 11.4 Å². The van der Waals surface area contributed by atoms with Crippen molar-refractivity contribution in [3.8, 4) is 11.4 Å². The Kier molecular flexibility index (Phi) is 4.35. The van der Waals surface area contributed by atoms with Crippen LogP contribution in [0.2, 0.25) is 0 Å². The van der Waals surface area contributed by atoms with Crippen LogP contribution in [0.5, 0.6) is 0 Å². The van der Waals surface area contributed by atoms with Gasteiger partial charge in [-0.05, 0) is 30.2 Å². The Balaban J connectivity index is 1.48. The first-order chi connectivity index (χ1) is 9.92. The molecule has 1 aliphatic heterocycles. The Labute approximate surface area is 118 Å². The van der Waals surface area contributed by atoms with E-state index in [2.05, 4.69) is 49.8 Å². The molecule has 0 unspecified atom stereocenters. The highest BCUT2D eigenvalue weighted by Gasteiger charge is 2.09. The minimum atomic E-state index is 0.643. The maximum Gasteiger partial charge on any atom is 0.204 e. The van der Waals surface area contributed by atoms with E-state index in [1.165, 1.54) is 12.0 Å². The van der Waals surface area contributed by atoms with Gasteiger partial charge in [-0.15, -0.1) is 10.2 Å². The van der Waals surface area contributed by atoms with E-state index >= 15 is 0 Å². The summed E-state index contributed by atoms with van der Waals surface area (Å²) in [6.07, 6.45) is 2.28. The highest BCUT2D eigenvalue weighted by molar-refractivity contribution is 5.54. The fourth-order valence-corrected chi connectivity index (χ4v) is 2.44. The number of aryl methyl sites for hydroxylation is 1. The van der Waals surface area contributed by atoms with Crippen molar-refractivity contribution in [1.29, 1.82) is 0 Å². The Morgan fingerprint density at radius 2 is 1.95 bits per heavy atom. The van der Waals surface area contributed by atoms with Gasteiger partial charge in [0.2, 0.25) is 5.82 Å². The van der Waals surface area contributed by atoms with Crippen LogP contribution in [-0.2, 0) is 11.2 Å². The second-order valence-corrected chi connectivity index (χ2v) is 4.99. The molecule has 2 aromatic rings. The maximum atomic E-state index is 5.35. The van der Waals surface area contributed by atoms with Crippen LogP contribution in [0, 0.1) is 0 Å². The Bertz CT molecular complexity index is 505. The third kappa shape index (κ3) is 3.40. The zero-order chi connectivity index (χ0) is 13.6. The molecule has 1 aromatic heterocycles. The molecule has 3 rings (SSSR count). The number of aromatic nitrogens is 4. The number of nitrogens with zero attached hydrogens (tertiary/aromatic N) is 4. The number of benzene rings is 1. The molecule has 1 aliphatic rings. The number of hydrogen-bond donors (Lipinski definition) is 1. The predicted molar refractivity (Wildman–Crippen MR) is 75.2 cm³/mol. The molecule has 1 aromatic carbocycles. The predicted octanol–water partition coefficient (Wildman–Crippen LogP) is 1.13. The van der Waals surface area contributed by atoms with Crippen LogP contribution in [0.15, 0.2) is 24.3 Å². The lowest BCUT2D eigenvalue weighted by Gasteiger charge is -2.26. The summed E-state index contributed by atoms with van der Waals surface area (Å²) in [5.41, 5.74) is 2.35.